The Labute approximate surface area is 290 Å². The number of hydrogen-bond donors (Lipinski definition) is 5. The molecule has 0 aliphatic carbocycles. The summed E-state index contributed by atoms with van der Waals surface area (Å²) < 4.78 is 0. The summed E-state index contributed by atoms with van der Waals surface area (Å²) in [5.74, 6) is -2.44. The van der Waals surface area contributed by atoms with Crippen LogP contribution in [-0.2, 0) is 35.2 Å². The Morgan fingerprint density at radius 3 is 2.18 bits per heavy atom. The van der Waals surface area contributed by atoms with Crippen LogP contribution in [-0.4, -0.2) is 102 Å². The molecule has 0 spiro atoms. The Bertz CT molecular complexity index is 1290. The Morgan fingerprint density at radius 1 is 0.878 bits per heavy atom. The molecule has 2 fully saturated rings. The van der Waals surface area contributed by atoms with Gasteiger partial charge in [0, 0.05) is 20.6 Å². The van der Waals surface area contributed by atoms with Gasteiger partial charge in [0.2, 0.25) is 35.4 Å². The van der Waals surface area contributed by atoms with Crippen LogP contribution in [0, 0.1) is 5.92 Å². The fourth-order valence-corrected chi connectivity index (χ4v) is 6.48. The van der Waals surface area contributed by atoms with E-state index in [1.54, 1.807) is 21.0 Å². The molecule has 0 bridgehead atoms. The van der Waals surface area contributed by atoms with Crippen LogP contribution in [0.15, 0.2) is 30.3 Å². The van der Waals surface area contributed by atoms with Gasteiger partial charge in [0.1, 0.15) is 30.2 Å². The lowest BCUT2D eigenvalue weighted by molar-refractivity contribution is -0.142. The first kappa shape index (κ1) is 39.4. The van der Waals surface area contributed by atoms with Crippen molar-refractivity contribution in [2.45, 2.75) is 128 Å². The van der Waals surface area contributed by atoms with Gasteiger partial charge in [0.15, 0.2) is 0 Å². The summed E-state index contributed by atoms with van der Waals surface area (Å²) in [6.45, 7) is 5.76. The molecule has 272 valence electrons. The van der Waals surface area contributed by atoms with Crippen LogP contribution in [0.3, 0.4) is 0 Å². The lowest BCUT2D eigenvalue weighted by Gasteiger charge is -2.30. The van der Waals surface area contributed by atoms with Crippen molar-refractivity contribution in [1.29, 1.82) is 0 Å². The van der Waals surface area contributed by atoms with Crippen molar-refractivity contribution >= 4 is 35.4 Å². The van der Waals surface area contributed by atoms with Crippen LogP contribution in [0.25, 0.3) is 0 Å². The van der Waals surface area contributed by atoms with Gasteiger partial charge in [-0.05, 0) is 56.9 Å². The summed E-state index contributed by atoms with van der Waals surface area (Å²) in [6.07, 6.45) is 6.22. The van der Waals surface area contributed by atoms with E-state index < -0.39 is 59.9 Å². The predicted octanol–water partition coefficient (Wildman–Crippen LogP) is 1.39. The topological polar surface area (TPSA) is 183 Å². The van der Waals surface area contributed by atoms with Gasteiger partial charge in [0.05, 0.1) is 6.04 Å². The van der Waals surface area contributed by atoms with Crippen LogP contribution in [0.2, 0.25) is 0 Å². The van der Waals surface area contributed by atoms with Crippen molar-refractivity contribution in [2.75, 3.05) is 20.6 Å². The summed E-state index contributed by atoms with van der Waals surface area (Å²) in [5, 5.41) is 11.3. The summed E-state index contributed by atoms with van der Waals surface area (Å²) in [4.78, 5) is 83.5. The molecule has 13 heteroatoms. The number of hydrogen-bond acceptors (Lipinski definition) is 7. The molecule has 13 nitrogen and oxygen atoms in total. The van der Waals surface area contributed by atoms with Gasteiger partial charge in [-0.25, -0.2) is 0 Å². The molecule has 1 aromatic rings. The zero-order valence-electron chi connectivity index (χ0n) is 29.8. The number of rotatable bonds is 7. The summed E-state index contributed by atoms with van der Waals surface area (Å²) in [6, 6.07) is 4.22. The van der Waals surface area contributed by atoms with Gasteiger partial charge < -0.3 is 36.8 Å². The first-order valence-corrected chi connectivity index (χ1v) is 17.8. The largest absolute Gasteiger partial charge is 0.347 e. The molecule has 2 saturated heterocycles. The van der Waals surface area contributed by atoms with Gasteiger partial charge in [-0.2, -0.15) is 0 Å². The zero-order chi connectivity index (χ0) is 36.1. The maximum Gasteiger partial charge on any atom is 0.245 e. The summed E-state index contributed by atoms with van der Waals surface area (Å²) >= 11 is 0. The van der Waals surface area contributed by atoms with Crippen molar-refractivity contribution in [3.05, 3.63) is 35.9 Å². The fraction of sp³-hybridized carbons (Fsp3) is 0.667. The first-order valence-electron chi connectivity index (χ1n) is 17.8. The van der Waals surface area contributed by atoms with Gasteiger partial charge >= 0.3 is 0 Å². The summed E-state index contributed by atoms with van der Waals surface area (Å²) in [5.41, 5.74) is 7.15. The monoisotopic (exact) mass is 683 g/mol. The maximum atomic E-state index is 13.7. The number of amides is 6. The third-order valence-electron chi connectivity index (χ3n) is 9.22. The van der Waals surface area contributed by atoms with Gasteiger partial charge in [-0.3, -0.25) is 28.8 Å². The normalized spacial score (nSPS) is 25.8. The highest BCUT2D eigenvalue weighted by atomic mass is 16.2. The molecule has 1 aromatic carbocycles. The molecule has 6 N–H and O–H groups in total. The number of carbonyl (C=O) groups excluding carboxylic acids is 6. The number of nitrogens with zero attached hydrogens (tertiary/aromatic N) is 2. The maximum absolute atomic E-state index is 13.7. The highest BCUT2D eigenvalue weighted by molar-refractivity contribution is 5.96. The molecule has 2 aliphatic rings. The van der Waals surface area contributed by atoms with Crippen LogP contribution in [0.4, 0.5) is 0 Å². The van der Waals surface area contributed by atoms with E-state index in [0.717, 1.165) is 24.8 Å². The molecular formula is C36H57N7O6. The fourth-order valence-electron chi connectivity index (χ4n) is 6.48. The Morgan fingerprint density at radius 2 is 1.53 bits per heavy atom. The number of nitrogens with two attached hydrogens (primary N) is 1. The van der Waals surface area contributed by atoms with Crippen LogP contribution < -0.4 is 27.0 Å². The van der Waals surface area contributed by atoms with Gasteiger partial charge in [-0.1, -0.05) is 76.3 Å². The highest BCUT2D eigenvalue weighted by Gasteiger charge is 2.38. The Kier molecular flexibility index (Phi) is 15.5. The molecule has 0 saturated carbocycles. The van der Waals surface area contributed by atoms with Crippen LogP contribution >= 0.6 is 0 Å². The molecular weight excluding hydrogens is 626 g/mol. The Hall–Kier alpha value is -4.00. The average molecular weight is 684 g/mol. The smallest absolute Gasteiger partial charge is 0.245 e. The number of fused-ring (bicyclic) bond motifs is 1. The minimum absolute atomic E-state index is 0.0319. The van der Waals surface area contributed by atoms with Gasteiger partial charge in [-0.15, -0.1) is 0 Å². The minimum atomic E-state index is -0.969. The molecule has 3 rings (SSSR count). The lowest BCUT2D eigenvalue weighted by Crippen LogP contribution is -2.59. The molecule has 0 aromatic heterocycles. The van der Waals surface area contributed by atoms with Crippen molar-refractivity contribution in [2.24, 2.45) is 11.7 Å². The zero-order valence-corrected chi connectivity index (χ0v) is 29.8. The molecule has 2 aliphatic heterocycles. The van der Waals surface area contributed by atoms with E-state index in [2.05, 4.69) is 21.3 Å². The molecule has 49 heavy (non-hydrogen) atoms. The number of benzene rings is 1. The van der Waals surface area contributed by atoms with E-state index in [1.807, 2.05) is 44.2 Å². The number of likely N-dealkylation sites (N-methyl/N-ethyl adjacent to an activating group) is 1. The van der Waals surface area contributed by atoms with E-state index in [9.17, 15) is 28.8 Å². The van der Waals surface area contributed by atoms with Crippen molar-refractivity contribution in [3.8, 4) is 0 Å². The van der Waals surface area contributed by atoms with Crippen molar-refractivity contribution in [3.63, 3.8) is 0 Å². The van der Waals surface area contributed by atoms with Crippen molar-refractivity contribution in [1.82, 2.24) is 31.1 Å². The molecule has 0 radical (unpaired) electrons. The van der Waals surface area contributed by atoms with Gasteiger partial charge in [0.25, 0.3) is 0 Å². The quantitative estimate of drug-likeness (QED) is 0.288. The van der Waals surface area contributed by atoms with Crippen molar-refractivity contribution < 1.29 is 28.8 Å². The number of nitrogens with one attached hydrogen (secondary N) is 4. The first-order chi connectivity index (χ1) is 23.3. The number of carbonyl (C=O) groups is 6. The lowest BCUT2D eigenvalue weighted by atomic mass is 10.00. The minimum Gasteiger partial charge on any atom is -0.347 e. The third kappa shape index (κ3) is 12.1. The van der Waals surface area contributed by atoms with E-state index in [4.69, 9.17) is 5.73 Å². The third-order valence-corrected chi connectivity index (χ3v) is 9.22. The molecule has 6 amide bonds. The predicted molar refractivity (Wildman–Crippen MR) is 187 cm³/mol. The molecule has 6 atom stereocenters. The van der Waals surface area contributed by atoms with E-state index in [-0.39, 0.29) is 17.7 Å². The molecule has 0 unspecified atom stereocenters. The Balaban J connectivity index is 1.83. The van der Waals surface area contributed by atoms with Crippen LogP contribution in [0.5, 0.6) is 0 Å². The average Bonchev–Trinajstić information content (AvgIpc) is 3.55. The van der Waals surface area contributed by atoms with E-state index in [1.165, 1.54) is 9.80 Å². The SMILES string of the molecule is CC(C)C[C@@H]1NC(=O)[C@@H](NC(=O)[C@@H](N)Cc2ccccc2)CCCCCCC[C@@H](C(=O)N(C)C)NC(=O)[C@@H]2CCCN2C(=O)[C@H](C)NC1=O. The van der Waals surface area contributed by atoms with Crippen LogP contribution in [0.1, 0.15) is 90.5 Å². The second-order valence-electron chi connectivity index (χ2n) is 14.1. The van der Waals surface area contributed by atoms with E-state index in [0.29, 0.717) is 57.9 Å². The molecule has 2 heterocycles. The summed E-state index contributed by atoms with van der Waals surface area (Å²) in [7, 11) is 3.29. The highest BCUT2D eigenvalue weighted by Crippen LogP contribution is 2.20. The second kappa shape index (κ2) is 19.3. The standard InChI is InChI=1S/C36H57N7O6/c1-23(2)21-29-33(46)38-24(3)35(48)43-20-14-19-30(43)34(47)40-28(36(49)42(4)5)18-13-8-6-7-12-17-27(32(45)41-29)39-31(44)26(37)22-25-15-10-9-11-16-25/h9-11,15-16,23-24,26-30H,6-8,12-14,17-22,37H2,1-5H3,(H,38,46)(H,39,44)(H,40,47)(H,41,45)/t24-,26-,27-,28-,29-,30-/m0/s1. The second-order valence-corrected chi connectivity index (χ2v) is 14.1. The van der Waals surface area contributed by atoms with E-state index >= 15 is 0 Å².